The molecule has 0 atom stereocenters. The van der Waals surface area contributed by atoms with Crippen LogP contribution in [0.4, 0.5) is 4.79 Å². The highest BCUT2D eigenvalue weighted by Gasteiger charge is 2.50. The molecule has 0 aromatic carbocycles. The van der Waals surface area contributed by atoms with Crippen molar-refractivity contribution in [1.29, 1.82) is 5.26 Å². The van der Waals surface area contributed by atoms with E-state index in [1.165, 1.54) is 4.90 Å². The summed E-state index contributed by atoms with van der Waals surface area (Å²) in [5.74, 6) is -0.0450. The number of nitrogens with one attached hydrogen (secondary N) is 1. The minimum atomic E-state index is -0.622. The van der Waals surface area contributed by atoms with E-state index in [0.29, 0.717) is 19.4 Å². The Labute approximate surface area is 113 Å². The number of hydrogen-bond donors (Lipinski definition) is 1. The van der Waals surface area contributed by atoms with Crippen LogP contribution in [0.2, 0.25) is 0 Å². The van der Waals surface area contributed by atoms with Crippen LogP contribution in [0, 0.1) is 11.3 Å². The fraction of sp³-hybridized carbons (Fsp3) is 0.786. The van der Waals surface area contributed by atoms with Gasteiger partial charge in [0.15, 0.2) is 0 Å². The summed E-state index contributed by atoms with van der Waals surface area (Å²) < 4.78 is 0. The lowest BCUT2D eigenvalue weighted by Gasteiger charge is -2.24. The molecule has 5 heteroatoms. The topological polar surface area (TPSA) is 73.2 Å². The van der Waals surface area contributed by atoms with Gasteiger partial charge in [-0.2, -0.15) is 5.26 Å². The maximum atomic E-state index is 12.5. The van der Waals surface area contributed by atoms with Crippen LogP contribution < -0.4 is 5.32 Å². The van der Waals surface area contributed by atoms with E-state index in [0.717, 1.165) is 44.9 Å². The number of urea groups is 1. The molecule has 1 heterocycles. The van der Waals surface area contributed by atoms with Crippen LogP contribution in [0.15, 0.2) is 0 Å². The Morgan fingerprint density at radius 2 is 1.84 bits per heavy atom. The molecule has 0 radical (unpaired) electrons. The predicted molar refractivity (Wildman–Crippen MR) is 70.1 cm³/mol. The molecule has 1 saturated carbocycles. The highest BCUT2D eigenvalue weighted by molar-refractivity contribution is 6.07. The van der Waals surface area contributed by atoms with Crippen molar-refractivity contribution >= 4 is 11.9 Å². The van der Waals surface area contributed by atoms with Gasteiger partial charge in [-0.05, 0) is 25.7 Å². The summed E-state index contributed by atoms with van der Waals surface area (Å²) in [6.07, 6.45) is 7.78. The van der Waals surface area contributed by atoms with Gasteiger partial charge in [-0.25, -0.2) is 4.79 Å². The van der Waals surface area contributed by atoms with E-state index in [9.17, 15) is 9.59 Å². The number of imide groups is 1. The molecule has 1 spiro atoms. The summed E-state index contributed by atoms with van der Waals surface area (Å²) in [6.45, 7) is 0.439. The number of nitrogens with zero attached hydrogens (tertiary/aromatic N) is 2. The van der Waals surface area contributed by atoms with Crippen LogP contribution in [0.3, 0.4) is 0 Å². The molecule has 1 aliphatic heterocycles. The zero-order valence-corrected chi connectivity index (χ0v) is 11.3. The van der Waals surface area contributed by atoms with E-state index in [1.807, 2.05) is 0 Å². The van der Waals surface area contributed by atoms with Crippen molar-refractivity contribution in [3.8, 4) is 6.07 Å². The maximum absolute atomic E-state index is 12.5. The second-order valence-electron chi connectivity index (χ2n) is 5.50. The third-order valence-electron chi connectivity index (χ3n) is 4.12. The minimum absolute atomic E-state index is 0.0450. The van der Waals surface area contributed by atoms with Crippen LogP contribution in [0.1, 0.15) is 57.8 Å². The second-order valence-corrected chi connectivity index (χ2v) is 5.50. The normalized spacial score (nSPS) is 22.2. The third kappa shape index (κ3) is 2.89. The monoisotopic (exact) mass is 263 g/mol. The van der Waals surface area contributed by atoms with E-state index < -0.39 is 5.54 Å². The first-order chi connectivity index (χ1) is 9.19. The quantitative estimate of drug-likeness (QED) is 0.625. The lowest BCUT2D eigenvalue weighted by molar-refractivity contribution is -0.131. The summed E-state index contributed by atoms with van der Waals surface area (Å²) in [5.41, 5.74) is -0.622. The van der Waals surface area contributed by atoms with Crippen molar-refractivity contribution in [1.82, 2.24) is 10.2 Å². The Morgan fingerprint density at radius 3 is 2.47 bits per heavy atom. The molecule has 0 bridgehead atoms. The molecule has 2 rings (SSSR count). The van der Waals surface area contributed by atoms with E-state index in [-0.39, 0.29) is 11.9 Å². The van der Waals surface area contributed by atoms with Crippen LogP contribution >= 0.6 is 0 Å². The molecule has 3 amide bonds. The Balaban J connectivity index is 1.97. The van der Waals surface area contributed by atoms with Crippen molar-refractivity contribution in [2.45, 2.75) is 63.3 Å². The summed E-state index contributed by atoms with van der Waals surface area (Å²) in [4.78, 5) is 25.8. The number of carbonyl (C=O) groups is 2. The largest absolute Gasteiger partial charge is 0.325 e. The first-order valence-corrected chi connectivity index (χ1v) is 7.21. The molecule has 0 aromatic heterocycles. The van der Waals surface area contributed by atoms with Crippen LogP contribution in [-0.4, -0.2) is 28.9 Å². The molecule has 0 unspecified atom stereocenters. The van der Waals surface area contributed by atoms with Gasteiger partial charge >= 0.3 is 6.03 Å². The van der Waals surface area contributed by atoms with Gasteiger partial charge in [-0.1, -0.05) is 25.7 Å². The van der Waals surface area contributed by atoms with Gasteiger partial charge < -0.3 is 5.32 Å². The minimum Gasteiger partial charge on any atom is -0.323 e. The van der Waals surface area contributed by atoms with Crippen LogP contribution in [0.5, 0.6) is 0 Å². The lowest BCUT2D eigenvalue weighted by atomic mass is 9.90. The SMILES string of the molecule is N#CCCCCN1C(=O)NC2(CCCCCC2)C1=O. The highest BCUT2D eigenvalue weighted by Crippen LogP contribution is 2.32. The maximum Gasteiger partial charge on any atom is 0.325 e. The van der Waals surface area contributed by atoms with Crippen LogP contribution in [0.25, 0.3) is 0 Å². The van der Waals surface area contributed by atoms with Crippen molar-refractivity contribution in [3.05, 3.63) is 0 Å². The van der Waals surface area contributed by atoms with Gasteiger partial charge in [0.25, 0.3) is 5.91 Å². The van der Waals surface area contributed by atoms with Gasteiger partial charge in [-0.15, -0.1) is 0 Å². The van der Waals surface area contributed by atoms with Gasteiger partial charge in [0.05, 0.1) is 6.07 Å². The van der Waals surface area contributed by atoms with Crippen molar-refractivity contribution in [2.24, 2.45) is 0 Å². The van der Waals surface area contributed by atoms with Gasteiger partial charge in [0.1, 0.15) is 5.54 Å². The molecule has 104 valence electrons. The fourth-order valence-corrected chi connectivity index (χ4v) is 3.02. The number of amides is 3. The summed E-state index contributed by atoms with van der Waals surface area (Å²) >= 11 is 0. The molecule has 0 aromatic rings. The second kappa shape index (κ2) is 6.05. The zero-order valence-electron chi connectivity index (χ0n) is 11.3. The average Bonchev–Trinajstić information content (AvgIpc) is 2.59. The van der Waals surface area contributed by atoms with Gasteiger partial charge in [0.2, 0.25) is 0 Å². The fourth-order valence-electron chi connectivity index (χ4n) is 3.02. The predicted octanol–water partition coefficient (Wildman–Crippen LogP) is 2.33. The van der Waals surface area contributed by atoms with Gasteiger partial charge in [0, 0.05) is 13.0 Å². The molecule has 1 N–H and O–H groups in total. The molecular weight excluding hydrogens is 242 g/mol. The standard InChI is InChI=1S/C14H21N3O2/c15-10-6-3-7-11-17-12(18)14(16-13(17)19)8-4-1-2-5-9-14/h1-9,11H2,(H,16,19). The van der Waals surface area contributed by atoms with E-state index in [1.54, 1.807) is 0 Å². The lowest BCUT2D eigenvalue weighted by Crippen LogP contribution is -2.46. The summed E-state index contributed by atoms with van der Waals surface area (Å²) in [5, 5.41) is 11.4. The number of carbonyl (C=O) groups excluding carboxylic acids is 2. The molecule has 1 saturated heterocycles. The first kappa shape index (κ1) is 13.9. The Morgan fingerprint density at radius 1 is 1.16 bits per heavy atom. The van der Waals surface area contributed by atoms with Crippen molar-refractivity contribution in [3.63, 3.8) is 0 Å². The molecule has 5 nitrogen and oxygen atoms in total. The van der Waals surface area contributed by atoms with Crippen molar-refractivity contribution in [2.75, 3.05) is 6.54 Å². The number of hydrogen-bond acceptors (Lipinski definition) is 3. The third-order valence-corrected chi connectivity index (χ3v) is 4.12. The van der Waals surface area contributed by atoms with Gasteiger partial charge in [-0.3, -0.25) is 9.69 Å². The first-order valence-electron chi connectivity index (χ1n) is 7.21. The molecule has 19 heavy (non-hydrogen) atoms. The van der Waals surface area contributed by atoms with E-state index in [2.05, 4.69) is 11.4 Å². The van der Waals surface area contributed by atoms with E-state index >= 15 is 0 Å². The summed E-state index contributed by atoms with van der Waals surface area (Å²) in [7, 11) is 0. The Hall–Kier alpha value is -1.57. The number of unbranched alkanes of at least 4 members (excludes halogenated alkanes) is 2. The zero-order chi connectivity index (χ0) is 13.7. The molecule has 2 fully saturated rings. The average molecular weight is 263 g/mol. The highest BCUT2D eigenvalue weighted by atomic mass is 16.2. The van der Waals surface area contributed by atoms with Crippen molar-refractivity contribution < 1.29 is 9.59 Å². The Bertz CT molecular complexity index is 392. The molecular formula is C14H21N3O2. The van der Waals surface area contributed by atoms with Crippen LogP contribution in [-0.2, 0) is 4.79 Å². The number of rotatable bonds is 4. The summed E-state index contributed by atoms with van der Waals surface area (Å²) in [6, 6.07) is 1.83. The molecule has 2 aliphatic rings. The molecule has 1 aliphatic carbocycles. The smallest absolute Gasteiger partial charge is 0.323 e. The van der Waals surface area contributed by atoms with E-state index in [4.69, 9.17) is 5.26 Å². The Kier molecular flexibility index (Phi) is 4.41. The number of nitriles is 1.